The van der Waals surface area contributed by atoms with Gasteiger partial charge in [-0.2, -0.15) is 4.98 Å². The second-order valence-corrected chi connectivity index (χ2v) is 9.20. The van der Waals surface area contributed by atoms with Gasteiger partial charge < -0.3 is 4.52 Å². The van der Waals surface area contributed by atoms with E-state index in [1.165, 1.54) is 11.3 Å². The lowest BCUT2D eigenvalue weighted by molar-refractivity contribution is 0.369. The molecule has 0 saturated heterocycles. The highest BCUT2D eigenvalue weighted by Crippen LogP contribution is 2.26. The van der Waals surface area contributed by atoms with Crippen LogP contribution in [-0.2, 0) is 22.0 Å². The molecule has 0 aromatic carbocycles. The van der Waals surface area contributed by atoms with Crippen molar-refractivity contribution >= 4 is 21.2 Å². The van der Waals surface area contributed by atoms with Crippen molar-refractivity contribution in [2.45, 2.75) is 63.9 Å². The van der Waals surface area contributed by atoms with Gasteiger partial charge in [-0.05, 0) is 19.8 Å². The van der Waals surface area contributed by atoms with Gasteiger partial charge >= 0.3 is 0 Å². The van der Waals surface area contributed by atoms with E-state index in [0.29, 0.717) is 11.5 Å². The standard InChI is InChI=1S/C15H23N3O3S2/c1-5-6-7-13-16-12(8-22-13)9-23(19,20)11(4)15-17-14(10(2)3)18-21-15/h8,10-11H,5-7,9H2,1-4H3/t11-/m1/s1. The first-order valence-corrected chi connectivity index (χ1v) is 10.4. The Morgan fingerprint density at radius 3 is 2.61 bits per heavy atom. The van der Waals surface area contributed by atoms with Crippen molar-refractivity contribution in [1.29, 1.82) is 0 Å². The highest BCUT2D eigenvalue weighted by molar-refractivity contribution is 7.90. The molecule has 0 aliphatic heterocycles. The molecule has 0 bridgehead atoms. The minimum atomic E-state index is -3.44. The molecular formula is C15H23N3O3S2. The first-order chi connectivity index (χ1) is 10.8. The zero-order chi connectivity index (χ0) is 17.0. The highest BCUT2D eigenvalue weighted by atomic mass is 32.2. The van der Waals surface area contributed by atoms with E-state index in [0.717, 1.165) is 24.3 Å². The molecular weight excluding hydrogens is 334 g/mol. The minimum absolute atomic E-state index is 0.0991. The molecule has 6 nitrogen and oxygen atoms in total. The summed E-state index contributed by atoms with van der Waals surface area (Å²) in [6.45, 7) is 7.57. The third kappa shape index (κ3) is 4.60. The SMILES string of the molecule is CCCCc1nc(CS(=O)(=O)[C@H](C)c2nc(C(C)C)no2)cs1. The summed E-state index contributed by atoms with van der Waals surface area (Å²) >= 11 is 1.52. The fraction of sp³-hybridized carbons (Fsp3) is 0.667. The largest absolute Gasteiger partial charge is 0.338 e. The van der Waals surface area contributed by atoms with E-state index in [2.05, 4.69) is 22.0 Å². The van der Waals surface area contributed by atoms with E-state index in [4.69, 9.17) is 4.52 Å². The van der Waals surface area contributed by atoms with E-state index >= 15 is 0 Å². The molecule has 8 heteroatoms. The number of aromatic nitrogens is 3. The van der Waals surface area contributed by atoms with E-state index in [9.17, 15) is 8.42 Å². The molecule has 0 spiro atoms. The van der Waals surface area contributed by atoms with Gasteiger partial charge in [0.15, 0.2) is 15.7 Å². The van der Waals surface area contributed by atoms with Gasteiger partial charge in [0.05, 0.1) is 16.5 Å². The summed E-state index contributed by atoms with van der Waals surface area (Å²) in [7, 11) is -3.44. The Kier molecular flexibility index (Phi) is 5.91. The first-order valence-electron chi connectivity index (χ1n) is 7.81. The van der Waals surface area contributed by atoms with Gasteiger partial charge in [0.2, 0.25) is 5.89 Å². The second-order valence-electron chi connectivity index (χ2n) is 5.93. The maximum atomic E-state index is 12.5. The molecule has 0 N–H and O–H groups in total. The summed E-state index contributed by atoms with van der Waals surface area (Å²) < 4.78 is 30.2. The number of nitrogens with zero attached hydrogens (tertiary/aromatic N) is 3. The Balaban J connectivity index is 2.09. The topological polar surface area (TPSA) is 86.0 Å². The maximum absolute atomic E-state index is 12.5. The van der Waals surface area contributed by atoms with Gasteiger partial charge in [0.1, 0.15) is 5.25 Å². The summed E-state index contributed by atoms with van der Waals surface area (Å²) in [6, 6.07) is 0. The van der Waals surface area contributed by atoms with Gasteiger partial charge in [-0.25, -0.2) is 13.4 Å². The Morgan fingerprint density at radius 2 is 2.00 bits per heavy atom. The van der Waals surface area contributed by atoms with E-state index in [1.54, 1.807) is 6.92 Å². The lowest BCUT2D eigenvalue weighted by atomic mass is 10.2. The third-order valence-corrected chi connectivity index (χ3v) is 6.49. The summed E-state index contributed by atoms with van der Waals surface area (Å²) in [4.78, 5) is 8.60. The summed E-state index contributed by atoms with van der Waals surface area (Å²) in [5.41, 5.74) is 0.594. The third-order valence-electron chi connectivity index (χ3n) is 3.55. The fourth-order valence-corrected chi connectivity index (χ4v) is 4.15. The molecule has 0 saturated carbocycles. The second kappa shape index (κ2) is 7.53. The van der Waals surface area contributed by atoms with Crippen LogP contribution in [0.1, 0.15) is 74.1 Å². The van der Waals surface area contributed by atoms with E-state index in [1.807, 2.05) is 19.2 Å². The fourth-order valence-electron chi connectivity index (χ4n) is 1.99. The van der Waals surface area contributed by atoms with Crippen LogP contribution >= 0.6 is 11.3 Å². The number of hydrogen-bond donors (Lipinski definition) is 0. The molecule has 1 atom stereocenters. The number of aryl methyl sites for hydroxylation is 1. The molecule has 0 amide bonds. The normalized spacial score (nSPS) is 13.6. The van der Waals surface area contributed by atoms with Crippen LogP contribution in [0.5, 0.6) is 0 Å². The average Bonchev–Trinajstić information content (AvgIpc) is 3.13. The molecule has 128 valence electrons. The smallest absolute Gasteiger partial charge is 0.244 e. The molecule has 2 aromatic rings. The van der Waals surface area contributed by atoms with Crippen LogP contribution < -0.4 is 0 Å². The van der Waals surface area contributed by atoms with Crippen LogP contribution in [0.25, 0.3) is 0 Å². The molecule has 2 heterocycles. The molecule has 0 radical (unpaired) electrons. The lowest BCUT2D eigenvalue weighted by Gasteiger charge is -2.07. The van der Waals surface area contributed by atoms with E-state index < -0.39 is 15.1 Å². The zero-order valence-corrected chi connectivity index (χ0v) is 15.6. The molecule has 0 aliphatic carbocycles. The van der Waals surface area contributed by atoms with Crippen molar-refractivity contribution in [2.75, 3.05) is 0 Å². The Bertz CT molecular complexity index is 735. The summed E-state index contributed by atoms with van der Waals surface area (Å²) in [5.74, 6) is 0.672. The van der Waals surface area contributed by atoms with Gasteiger partial charge in [-0.15, -0.1) is 11.3 Å². The zero-order valence-electron chi connectivity index (χ0n) is 13.9. The quantitative estimate of drug-likeness (QED) is 0.716. The average molecular weight is 358 g/mol. The molecule has 0 aliphatic rings. The molecule has 2 rings (SSSR count). The monoisotopic (exact) mass is 357 g/mol. The molecule has 0 unspecified atom stereocenters. The van der Waals surface area contributed by atoms with Gasteiger partial charge in [-0.1, -0.05) is 32.3 Å². The maximum Gasteiger partial charge on any atom is 0.244 e. The predicted molar refractivity (Wildman–Crippen MR) is 90.2 cm³/mol. The predicted octanol–water partition coefficient (Wildman–Crippen LogP) is 3.67. The van der Waals surface area contributed by atoms with Crippen LogP contribution in [0.3, 0.4) is 0 Å². The van der Waals surface area contributed by atoms with Crippen LogP contribution in [-0.4, -0.2) is 23.5 Å². The van der Waals surface area contributed by atoms with Gasteiger partial charge in [0.25, 0.3) is 0 Å². The van der Waals surface area contributed by atoms with Crippen molar-refractivity contribution in [3.8, 4) is 0 Å². The van der Waals surface area contributed by atoms with Crippen molar-refractivity contribution in [3.05, 3.63) is 27.8 Å². The Labute approximate surface area is 141 Å². The van der Waals surface area contributed by atoms with Gasteiger partial charge in [0, 0.05) is 11.3 Å². The molecule has 23 heavy (non-hydrogen) atoms. The van der Waals surface area contributed by atoms with Crippen LogP contribution in [0.4, 0.5) is 0 Å². The molecule has 2 aromatic heterocycles. The highest BCUT2D eigenvalue weighted by Gasteiger charge is 2.29. The minimum Gasteiger partial charge on any atom is -0.338 e. The van der Waals surface area contributed by atoms with E-state index in [-0.39, 0.29) is 17.6 Å². The first kappa shape index (κ1) is 18.1. The van der Waals surface area contributed by atoms with Crippen LogP contribution in [0.2, 0.25) is 0 Å². The van der Waals surface area contributed by atoms with Gasteiger partial charge in [-0.3, -0.25) is 0 Å². The van der Waals surface area contributed by atoms with Crippen molar-refractivity contribution < 1.29 is 12.9 Å². The lowest BCUT2D eigenvalue weighted by Crippen LogP contribution is -2.13. The summed E-state index contributed by atoms with van der Waals surface area (Å²) in [6.07, 6.45) is 3.06. The van der Waals surface area contributed by atoms with Crippen molar-refractivity contribution in [3.63, 3.8) is 0 Å². The van der Waals surface area contributed by atoms with Crippen molar-refractivity contribution in [1.82, 2.24) is 15.1 Å². The Hall–Kier alpha value is -1.28. The van der Waals surface area contributed by atoms with Crippen LogP contribution in [0.15, 0.2) is 9.90 Å². The number of rotatable bonds is 8. The molecule has 0 fully saturated rings. The van der Waals surface area contributed by atoms with Crippen molar-refractivity contribution in [2.24, 2.45) is 0 Å². The number of thiazole rings is 1. The number of hydrogen-bond acceptors (Lipinski definition) is 7. The number of sulfone groups is 1. The summed E-state index contributed by atoms with van der Waals surface area (Å²) in [5, 5.41) is 5.81. The number of unbranched alkanes of at least 4 members (excludes halogenated alkanes) is 1. The van der Waals surface area contributed by atoms with Crippen LogP contribution in [0, 0.1) is 0 Å². The Morgan fingerprint density at radius 1 is 1.26 bits per heavy atom.